The molecule has 0 saturated carbocycles. The molecule has 0 aliphatic rings. The van der Waals surface area contributed by atoms with Gasteiger partial charge in [0.05, 0.1) is 24.1 Å². The monoisotopic (exact) mass is 304 g/mol. The normalized spacial score (nSPS) is 11.8. The van der Waals surface area contributed by atoms with E-state index in [2.05, 4.69) is 51.5 Å². The van der Waals surface area contributed by atoms with Gasteiger partial charge in [0.15, 0.2) is 14.1 Å². The third-order valence-corrected chi connectivity index (χ3v) is 8.37. The summed E-state index contributed by atoms with van der Waals surface area (Å²) in [5.41, 5.74) is 1.13. The Morgan fingerprint density at radius 3 is 2.57 bits per heavy atom. The van der Waals surface area contributed by atoms with Crippen molar-refractivity contribution >= 4 is 14.4 Å². The lowest BCUT2D eigenvalue weighted by atomic mass is 10.2. The molecule has 0 aliphatic carbocycles. The van der Waals surface area contributed by atoms with E-state index in [4.69, 9.17) is 14.4 Å². The number of hydrogen-bond acceptors (Lipinski definition) is 4. The van der Waals surface area contributed by atoms with Crippen LogP contribution in [0.15, 0.2) is 18.8 Å². The molecular formula is C16H24N2O2Si. The number of rotatable bonds is 6. The Morgan fingerprint density at radius 2 is 2.05 bits per heavy atom. The van der Waals surface area contributed by atoms with Gasteiger partial charge in [-0.25, -0.2) is 0 Å². The molecule has 0 aromatic carbocycles. The third-order valence-electron chi connectivity index (χ3n) is 3.83. The first-order valence-electron chi connectivity index (χ1n) is 7.00. The van der Waals surface area contributed by atoms with E-state index >= 15 is 0 Å². The van der Waals surface area contributed by atoms with Crippen molar-refractivity contribution in [3.05, 3.63) is 30.1 Å². The summed E-state index contributed by atoms with van der Waals surface area (Å²) >= 11 is 0. The van der Waals surface area contributed by atoms with Gasteiger partial charge in [-0.05, 0) is 30.3 Å². The summed E-state index contributed by atoms with van der Waals surface area (Å²) in [4.78, 5) is 4.15. The van der Waals surface area contributed by atoms with E-state index < -0.39 is 8.32 Å². The first-order chi connectivity index (χ1) is 9.71. The second-order valence-electron chi connectivity index (χ2n) is 6.38. The largest absolute Gasteiger partial charge is 0.488 e. The van der Waals surface area contributed by atoms with Crippen molar-refractivity contribution in [3.8, 4) is 11.8 Å². The maximum Gasteiger partial charge on any atom is 0.192 e. The minimum atomic E-state index is -1.75. The first kappa shape index (κ1) is 17.4. The lowest BCUT2D eigenvalue weighted by Crippen LogP contribution is -2.41. The minimum absolute atomic E-state index is 0.179. The first-order valence-corrected chi connectivity index (χ1v) is 9.91. The maximum atomic E-state index is 9.11. The molecule has 1 rings (SSSR count). The summed E-state index contributed by atoms with van der Waals surface area (Å²) in [6.07, 6.45) is 3.16. The van der Waals surface area contributed by atoms with Crippen molar-refractivity contribution in [2.24, 2.45) is 0 Å². The van der Waals surface area contributed by atoms with Gasteiger partial charge in [0.25, 0.3) is 0 Å². The molecule has 0 atom stereocenters. The van der Waals surface area contributed by atoms with Gasteiger partial charge in [0, 0.05) is 0 Å². The van der Waals surface area contributed by atoms with Crippen molar-refractivity contribution in [3.63, 3.8) is 0 Å². The second kappa shape index (κ2) is 6.88. The number of pyridine rings is 1. The molecule has 0 bridgehead atoms. The summed E-state index contributed by atoms with van der Waals surface area (Å²) in [6, 6.07) is 3.77. The number of nitrogens with zero attached hydrogens (tertiary/aromatic N) is 2. The summed E-state index contributed by atoms with van der Waals surface area (Å²) < 4.78 is 11.6. The van der Waals surface area contributed by atoms with E-state index in [-0.39, 0.29) is 5.04 Å². The zero-order valence-electron chi connectivity index (χ0n) is 13.6. The van der Waals surface area contributed by atoms with Gasteiger partial charge in [-0.15, -0.1) is 0 Å². The molecule has 114 valence electrons. The maximum absolute atomic E-state index is 9.11. The molecule has 0 spiro atoms. The predicted molar refractivity (Wildman–Crippen MR) is 87.7 cm³/mol. The Bertz CT molecular complexity index is 542. The van der Waals surface area contributed by atoms with Crippen LogP contribution in [0.5, 0.6) is 5.75 Å². The van der Waals surface area contributed by atoms with Crippen LogP contribution in [-0.4, -0.2) is 26.5 Å². The molecule has 21 heavy (non-hydrogen) atoms. The highest BCUT2D eigenvalue weighted by Gasteiger charge is 2.36. The highest BCUT2D eigenvalue weighted by Crippen LogP contribution is 2.36. The van der Waals surface area contributed by atoms with Crippen molar-refractivity contribution in [1.29, 1.82) is 5.26 Å². The van der Waals surface area contributed by atoms with E-state index in [1.54, 1.807) is 18.3 Å². The summed E-state index contributed by atoms with van der Waals surface area (Å²) in [5.74, 6) is 0.488. The highest BCUT2D eigenvalue weighted by atomic mass is 28.4. The quantitative estimate of drug-likeness (QED) is 0.589. The van der Waals surface area contributed by atoms with Crippen molar-refractivity contribution < 1.29 is 9.16 Å². The predicted octanol–water partition coefficient (Wildman–Crippen LogP) is 4.00. The Balaban J connectivity index is 2.58. The fourth-order valence-electron chi connectivity index (χ4n) is 1.44. The van der Waals surface area contributed by atoms with E-state index in [0.29, 0.717) is 30.2 Å². The van der Waals surface area contributed by atoms with Crippen molar-refractivity contribution in [2.75, 3.05) is 13.2 Å². The van der Waals surface area contributed by atoms with Gasteiger partial charge < -0.3 is 9.16 Å². The zero-order chi connectivity index (χ0) is 16.1. The second-order valence-corrected chi connectivity index (χ2v) is 11.2. The fourth-order valence-corrected chi connectivity index (χ4v) is 2.46. The van der Waals surface area contributed by atoms with Gasteiger partial charge >= 0.3 is 0 Å². The van der Waals surface area contributed by atoms with Crippen LogP contribution in [0, 0.1) is 11.3 Å². The third kappa shape index (κ3) is 4.69. The number of hydrogen-bond donors (Lipinski definition) is 0. The molecule has 5 heteroatoms. The number of nitriles is 1. The van der Waals surface area contributed by atoms with Gasteiger partial charge in [-0.1, -0.05) is 27.4 Å². The molecule has 1 heterocycles. The van der Waals surface area contributed by atoms with Crippen LogP contribution in [0.2, 0.25) is 18.1 Å². The van der Waals surface area contributed by atoms with Crippen LogP contribution in [0.4, 0.5) is 0 Å². The lowest BCUT2D eigenvalue weighted by Gasteiger charge is -2.36. The molecule has 0 unspecified atom stereocenters. The smallest absolute Gasteiger partial charge is 0.192 e. The topological polar surface area (TPSA) is 55.1 Å². The van der Waals surface area contributed by atoms with Crippen LogP contribution in [0.1, 0.15) is 32.0 Å². The average molecular weight is 304 g/mol. The van der Waals surface area contributed by atoms with Gasteiger partial charge in [-0.2, -0.15) is 5.26 Å². The molecule has 1 aromatic rings. The van der Waals surface area contributed by atoms with Crippen LogP contribution < -0.4 is 4.74 Å². The van der Waals surface area contributed by atoms with Gasteiger partial charge in [0.1, 0.15) is 12.7 Å². The molecular weight excluding hydrogens is 280 g/mol. The van der Waals surface area contributed by atoms with E-state index in [0.717, 1.165) is 0 Å². The highest BCUT2D eigenvalue weighted by molar-refractivity contribution is 6.74. The summed E-state index contributed by atoms with van der Waals surface area (Å²) in [7, 11) is -1.75. The fraction of sp³-hybridized carbons (Fsp3) is 0.500. The Labute approximate surface area is 128 Å². The Morgan fingerprint density at radius 1 is 1.38 bits per heavy atom. The van der Waals surface area contributed by atoms with E-state index in [1.807, 2.05) is 0 Å². The molecule has 0 radical (unpaired) electrons. The minimum Gasteiger partial charge on any atom is -0.488 e. The zero-order valence-corrected chi connectivity index (χ0v) is 14.6. The van der Waals surface area contributed by atoms with Crippen molar-refractivity contribution in [1.82, 2.24) is 4.98 Å². The molecule has 0 amide bonds. The SMILES string of the molecule is C=Cc1cc(C#N)c(OCCO[Si](C)(C)C(C)(C)C)cn1. The molecule has 0 aliphatic heterocycles. The molecule has 0 fully saturated rings. The van der Waals surface area contributed by atoms with Gasteiger partial charge in [-0.3, -0.25) is 4.98 Å². The number of ether oxygens (including phenoxy) is 1. The van der Waals surface area contributed by atoms with Crippen LogP contribution in [0.25, 0.3) is 6.08 Å². The summed E-state index contributed by atoms with van der Waals surface area (Å²) in [5, 5.41) is 9.29. The average Bonchev–Trinajstić information content (AvgIpc) is 2.42. The van der Waals surface area contributed by atoms with E-state index in [9.17, 15) is 0 Å². The lowest BCUT2D eigenvalue weighted by molar-refractivity contribution is 0.203. The molecule has 4 nitrogen and oxygen atoms in total. The van der Waals surface area contributed by atoms with Crippen LogP contribution >= 0.6 is 0 Å². The summed E-state index contributed by atoms with van der Waals surface area (Å²) in [6.45, 7) is 15.6. The molecule has 0 saturated heterocycles. The van der Waals surface area contributed by atoms with Gasteiger partial charge in [0.2, 0.25) is 0 Å². The Kier molecular flexibility index (Phi) is 5.70. The number of aromatic nitrogens is 1. The van der Waals surface area contributed by atoms with Crippen molar-refractivity contribution in [2.45, 2.75) is 38.9 Å². The van der Waals surface area contributed by atoms with Crippen LogP contribution in [-0.2, 0) is 4.43 Å². The standard InChI is InChI=1S/C16H24N2O2Si/c1-7-14-10-13(11-17)15(12-18-14)19-8-9-20-21(5,6)16(2,3)4/h7,10,12H,1,8-9H2,2-6H3. The van der Waals surface area contributed by atoms with Crippen LogP contribution in [0.3, 0.4) is 0 Å². The van der Waals surface area contributed by atoms with E-state index in [1.165, 1.54) is 0 Å². The Hall–Kier alpha value is -1.64. The molecule has 0 N–H and O–H groups in total. The molecule has 1 aromatic heterocycles.